The lowest BCUT2D eigenvalue weighted by Gasteiger charge is -2.37. The van der Waals surface area contributed by atoms with Crippen molar-refractivity contribution in [1.29, 1.82) is 0 Å². The predicted octanol–water partition coefficient (Wildman–Crippen LogP) is 1.45. The number of carbonyl (C=O) groups excluding carboxylic acids is 3. The molecule has 0 unspecified atom stereocenters. The van der Waals surface area contributed by atoms with Crippen LogP contribution in [-0.2, 0) is 20.8 Å². The molecule has 1 heterocycles. The Hall–Kier alpha value is -2.37. The average Bonchev–Trinajstić information content (AvgIpc) is 2.61. The van der Waals surface area contributed by atoms with Crippen LogP contribution < -0.4 is 5.32 Å². The topological polar surface area (TPSA) is 69.7 Å². The summed E-state index contributed by atoms with van der Waals surface area (Å²) in [7, 11) is 0. The van der Waals surface area contributed by atoms with Gasteiger partial charge < -0.3 is 15.1 Å². The molecule has 1 aromatic carbocycles. The second kappa shape index (κ2) is 8.83. The molecule has 0 radical (unpaired) electrons. The normalized spacial score (nSPS) is 14.9. The SMILES string of the molecule is CC(C)(C)C(=O)N1CCN(C(=O)CCNC(=O)Cc2ccccc2)CC1. The average molecular weight is 359 g/mol. The van der Waals surface area contributed by atoms with Crippen molar-refractivity contribution in [2.24, 2.45) is 5.41 Å². The summed E-state index contributed by atoms with van der Waals surface area (Å²) < 4.78 is 0. The molecule has 1 aromatic rings. The molecule has 3 amide bonds. The third kappa shape index (κ3) is 5.86. The smallest absolute Gasteiger partial charge is 0.228 e. The van der Waals surface area contributed by atoms with Gasteiger partial charge in [-0.1, -0.05) is 51.1 Å². The van der Waals surface area contributed by atoms with E-state index in [-0.39, 0.29) is 24.1 Å². The molecular formula is C20H29N3O3. The molecule has 1 fully saturated rings. The number of hydrogen-bond donors (Lipinski definition) is 1. The van der Waals surface area contributed by atoms with E-state index in [2.05, 4.69) is 5.32 Å². The summed E-state index contributed by atoms with van der Waals surface area (Å²) >= 11 is 0. The zero-order chi connectivity index (χ0) is 19.2. The van der Waals surface area contributed by atoms with E-state index < -0.39 is 5.41 Å². The molecule has 6 heteroatoms. The van der Waals surface area contributed by atoms with Gasteiger partial charge in [-0.3, -0.25) is 14.4 Å². The zero-order valence-electron chi connectivity index (χ0n) is 16.0. The van der Waals surface area contributed by atoms with Gasteiger partial charge in [-0.25, -0.2) is 0 Å². The lowest BCUT2D eigenvalue weighted by atomic mass is 9.94. The van der Waals surface area contributed by atoms with E-state index in [1.54, 1.807) is 4.90 Å². The van der Waals surface area contributed by atoms with Gasteiger partial charge in [0.15, 0.2) is 0 Å². The van der Waals surface area contributed by atoms with Crippen LogP contribution >= 0.6 is 0 Å². The minimum atomic E-state index is -0.394. The predicted molar refractivity (Wildman–Crippen MR) is 100 cm³/mol. The summed E-state index contributed by atoms with van der Waals surface area (Å²) in [5.74, 6) is 0.0650. The highest BCUT2D eigenvalue weighted by molar-refractivity contribution is 5.82. The summed E-state index contributed by atoms with van der Waals surface area (Å²) in [6.45, 7) is 8.31. The van der Waals surface area contributed by atoms with Gasteiger partial charge in [0.2, 0.25) is 17.7 Å². The Kier molecular flexibility index (Phi) is 6.77. The maximum absolute atomic E-state index is 12.3. The van der Waals surface area contributed by atoms with Gasteiger partial charge in [0.05, 0.1) is 6.42 Å². The third-order valence-electron chi connectivity index (χ3n) is 4.43. The molecule has 0 spiro atoms. The minimum Gasteiger partial charge on any atom is -0.355 e. The number of nitrogens with zero attached hydrogens (tertiary/aromatic N) is 2. The monoisotopic (exact) mass is 359 g/mol. The summed E-state index contributed by atoms with van der Waals surface area (Å²) in [4.78, 5) is 40.1. The second-order valence-corrected chi connectivity index (χ2v) is 7.69. The Bertz CT molecular complexity index is 629. The molecule has 1 saturated heterocycles. The molecule has 26 heavy (non-hydrogen) atoms. The highest BCUT2D eigenvalue weighted by atomic mass is 16.2. The minimum absolute atomic E-state index is 0.0212. The van der Waals surface area contributed by atoms with Gasteiger partial charge in [-0.05, 0) is 5.56 Å². The fraction of sp³-hybridized carbons (Fsp3) is 0.550. The van der Waals surface area contributed by atoms with Crippen molar-refractivity contribution in [2.45, 2.75) is 33.6 Å². The highest BCUT2D eigenvalue weighted by Crippen LogP contribution is 2.18. The van der Waals surface area contributed by atoms with E-state index >= 15 is 0 Å². The lowest BCUT2D eigenvalue weighted by Crippen LogP contribution is -2.53. The van der Waals surface area contributed by atoms with Crippen molar-refractivity contribution in [2.75, 3.05) is 32.7 Å². The summed E-state index contributed by atoms with van der Waals surface area (Å²) in [5.41, 5.74) is 0.561. The fourth-order valence-electron chi connectivity index (χ4n) is 2.94. The van der Waals surface area contributed by atoms with Crippen LogP contribution in [0.2, 0.25) is 0 Å². The van der Waals surface area contributed by atoms with Gasteiger partial charge in [-0.15, -0.1) is 0 Å². The van der Waals surface area contributed by atoms with E-state index in [1.165, 1.54) is 0 Å². The zero-order valence-corrected chi connectivity index (χ0v) is 16.0. The van der Waals surface area contributed by atoms with Gasteiger partial charge in [0, 0.05) is 44.6 Å². The molecule has 1 aliphatic rings. The van der Waals surface area contributed by atoms with E-state index in [0.29, 0.717) is 39.1 Å². The van der Waals surface area contributed by atoms with Crippen molar-refractivity contribution in [1.82, 2.24) is 15.1 Å². The molecule has 2 rings (SSSR count). The lowest BCUT2D eigenvalue weighted by molar-refractivity contribution is -0.145. The van der Waals surface area contributed by atoms with Crippen LogP contribution in [-0.4, -0.2) is 60.2 Å². The number of amides is 3. The maximum Gasteiger partial charge on any atom is 0.228 e. The first-order valence-corrected chi connectivity index (χ1v) is 9.15. The molecule has 0 aliphatic carbocycles. The first kappa shape index (κ1) is 19.9. The molecule has 142 valence electrons. The van der Waals surface area contributed by atoms with Gasteiger partial charge in [0.1, 0.15) is 0 Å². The van der Waals surface area contributed by atoms with E-state index in [9.17, 15) is 14.4 Å². The van der Waals surface area contributed by atoms with Crippen molar-refractivity contribution < 1.29 is 14.4 Å². The van der Waals surface area contributed by atoms with Crippen LogP contribution in [0.3, 0.4) is 0 Å². The molecule has 0 bridgehead atoms. The summed E-state index contributed by atoms with van der Waals surface area (Å²) in [6.07, 6.45) is 0.608. The molecule has 0 aromatic heterocycles. The third-order valence-corrected chi connectivity index (χ3v) is 4.43. The number of hydrogen-bond acceptors (Lipinski definition) is 3. The molecule has 6 nitrogen and oxygen atoms in total. The molecule has 0 saturated carbocycles. The maximum atomic E-state index is 12.3. The number of benzene rings is 1. The van der Waals surface area contributed by atoms with Gasteiger partial charge in [-0.2, -0.15) is 0 Å². The second-order valence-electron chi connectivity index (χ2n) is 7.69. The quantitative estimate of drug-likeness (QED) is 0.865. The highest BCUT2D eigenvalue weighted by Gasteiger charge is 2.30. The van der Waals surface area contributed by atoms with Gasteiger partial charge in [0.25, 0.3) is 0 Å². The number of carbonyl (C=O) groups is 3. The summed E-state index contributed by atoms with van der Waals surface area (Å²) in [6, 6.07) is 9.52. The Morgan fingerprint density at radius 1 is 0.962 bits per heavy atom. The van der Waals surface area contributed by atoms with E-state index in [1.807, 2.05) is 56.0 Å². The van der Waals surface area contributed by atoms with Crippen LogP contribution in [0.15, 0.2) is 30.3 Å². The Morgan fingerprint density at radius 3 is 2.12 bits per heavy atom. The first-order valence-electron chi connectivity index (χ1n) is 9.15. The molecular weight excluding hydrogens is 330 g/mol. The standard InChI is InChI=1S/C20H29N3O3/c1-20(2,3)19(26)23-13-11-22(12-14-23)18(25)9-10-21-17(24)15-16-7-5-4-6-8-16/h4-8H,9-15H2,1-3H3,(H,21,24). The van der Waals surface area contributed by atoms with Crippen LogP contribution in [0, 0.1) is 5.41 Å². The Morgan fingerprint density at radius 2 is 1.54 bits per heavy atom. The van der Waals surface area contributed by atoms with Crippen molar-refractivity contribution >= 4 is 17.7 Å². The van der Waals surface area contributed by atoms with Crippen LogP contribution in [0.4, 0.5) is 0 Å². The van der Waals surface area contributed by atoms with E-state index in [0.717, 1.165) is 5.56 Å². The summed E-state index contributed by atoms with van der Waals surface area (Å²) in [5, 5.41) is 2.80. The van der Waals surface area contributed by atoms with Crippen molar-refractivity contribution in [3.05, 3.63) is 35.9 Å². The molecule has 0 atom stereocenters. The van der Waals surface area contributed by atoms with Crippen LogP contribution in [0.1, 0.15) is 32.8 Å². The first-order chi connectivity index (χ1) is 12.3. The molecule has 1 aliphatic heterocycles. The van der Waals surface area contributed by atoms with Crippen LogP contribution in [0.5, 0.6) is 0 Å². The largest absolute Gasteiger partial charge is 0.355 e. The fourth-order valence-corrected chi connectivity index (χ4v) is 2.94. The van der Waals surface area contributed by atoms with Crippen molar-refractivity contribution in [3.63, 3.8) is 0 Å². The molecule has 1 N–H and O–H groups in total. The van der Waals surface area contributed by atoms with Gasteiger partial charge >= 0.3 is 0 Å². The number of rotatable bonds is 5. The Balaban J connectivity index is 1.68. The Labute approximate surface area is 155 Å². The number of piperazine rings is 1. The van der Waals surface area contributed by atoms with E-state index in [4.69, 9.17) is 0 Å². The van der Waals surface area contributed by atoms with Crippen molar-refractivity contribution in [3.8, 4) is 0 Å². The number of nitrogens with one attached hydrogen (secondary N) is 1. The van der Waals surface area contributed by atoms with Crippen LogP contribution in [0.25, 0.3) is 0 Å².